The van der Waals surface area contributed by atoms with Crippen molar-refractivity contribution in [3.63, 3.8) is 0 Å². The first-order valence-electron chi connectivity index (χ1n) is 4.40. The standard InChI is InChI=1S/C7H9ClN4O3S/c8-7-5(2-10-11-7)12-3-4(1-6(12)13)16(9,14)15/h2,4H,1,3H2,(H,10,11)(H2,9,14,15). The average molecular weight is 265 g/mol. The van der Waals surface area contributed by atoms with Crippen LogP contribution in [0.4, 0.5) is 5.69 Å². The van der Waals surface area contributed by atoms with Crippen LogP contribution in [0.2, 0.25) is 5.15 Å². The van der Waals surface area contributed by atoms with E-state index in [1.807, 2.05) is 0 Å². The van der Waals surface area contributed by atoms with E-state index < -0.39 is 15.3 Å². The summed E-state index contributed by atoms with van der Waals surface area (Å²) in [6.45, 7) is 0.0108. The van der Waals surface area contributed by atoms with Gasteiger partial charge in [0.2, 0.25) is 15.9 Å². The molecule has 1 fully saturated rings. The Bertz CT molecular complexity index is 525. The Hall–Kier alpha value is -1.12. The zero-order valence-electron chi connectivity index (χ0n) is 8.05. The second-order valence-electron chi connectivity index (χ2n) is 3.49. The predicted molar refractivity (Wildman–Crippen MR) is 57.5 cm³/mol. The van der Waals surface area contributed by atoms with Gasteiger partial charge in [-0.3, -0.25) is 9.89 Å². The quantitative estimate of drug-likeness (QED) is 0.747. The van der Waals surface area contributed by atoms with Gasteiger partial charge < -0.3 is 4.90 Å². The van der Waals surface area contributed by atoms with E-state index >= 15 is 0 Å². The minimum Gasteiger partial charge on any atom is -0.307 e. The van der Waals surface area contributed by atoms with E-state index in [1.54, 1.807) is 0 Å². The molecule has 1 aromatic rings. The third-order valence-corrected chi connectivity index (χ3v) is 3.94. The molecule has 0 saturated carbocycles. The fraction of sp³-hybridized carbons (Fsp3) is 0.429. The molecule has 0 spiro atoms. The molecule has 0 aromatic carbocycles. The van der Waals surface area contributed by atoms with Crippen LogP contribution >= 0.6 is 11.6 Å². The first-order valence-corrected chi connectivity index (χ1v) is 6.39. The normalized spacial score (nSPS) is 21.8. The minimum atomic E-state index is -3.71. The summed E-state index contributed by atoms with van der Waals surface area (Å²) in [5.74, 6) is -0.331. The molecule has 1 aliphatic rings. The van der Waals surface area contributed by atoms with E-state index in [1.165, 1.54) is 11.1 Å². The van der Waals surface area contributed by atoms with Crippen molar-refractivity contribution >= 4 is 33.2 Å². The van der Waals surface area contributed by atoms with Crippen molar-refractivity contribution in [2.45, 2.75) is 11.7 Å². The van der Waals surface area contributed by atoms with Gasteiger partial charge >= 0.3 is 0 Å². The fourth-order valence-corrected chi connectivity index (χ4v) is 2.51. The van der Waals surface area contributed by atoms with Gasteiger partial charge in [-0.15, -0.1) is 0 Å². The highest BCUT2D eigenvalue weighted by atomic mass is 35.5. The number of sulfonamides is 1. The number of anilines is 1. The molecule has 1 aromatic heterocycles. The summed E-state index contributed by atoms with van der Waals surface area (Å²) in [6, 6.07) is 0. The van der Waals surface area contributed by atoms with E-state index in [2.05, 4.69) is 10.2 Å². The second kappa shape index (κ2) is 3.72. The molecule has 2 rings (SSSR count). The summed E-state index contributed by atoms with van der Waals surface area (Å²) >= 11 is 5.75. The number of carbonyl (C=O) groups excluding carboxylic acids is 1. The van der Waals surface area contributed by atoms with Gasteiger partial charge in [-0.1, -0.05) is 11.6 Å². The van der Waals surface area contributed by atoms with Crippen LogP contribution in [0.5, 0.6) is 0 Å². The van der Waals surface area contributed by atoms with Crippen LogP contribution in [0, 0.1) is 0 Å². The molecule has 1 aliphatic heterocycles. The number of nitrogens with two attached hydrogens (primary N) is 1. The Labute approximate surface area is 96.6 Å². The third-order valence-electron chi connectivity index (χ3n) is 2.42. The van der Waals surface area contributed by atoms with Gasteiger partial charge in [0, 0.05) is 13.0 Å². The molecule has 2 heterocycles. The number of halogens is 1. The number of H-pyrrole nitrogens is 1. The van der Waals surface area contributed by atoms with Crippen molar-refractivity contribution in [3.8, 4) is 0 Å². The van der Waals surface area contributed by atoms with Crippen LogP contribution in [0.3, 0.4) is 0 Å². The van der Waals surface area contributed by atoms with Crippen LogP contribution in [0.15, 0.2) is 6.20 Å². The SMILES string of the molecule is NS(=O)(=O)C1CC(=O)N(c2cn[nH]c2Cl)C1. The lowest BCUT2D eigenvalue weighted by Gasteiger charge is -2.13. The lowest BCUT2D eigenvalue weighted by atomic mass is 10.4. The number of aromatic amines is 1. The molecule has 1 atom stereocenters. The number of hydrogen-bond donors (Lipinski definition) is 2. The van der Waals surface area contributed by atoms with Gasteiger partial charge in [-0.05, 0) is 0 Å². The molecule has 0 bridgehead atoms. The third kappa shape index (κ3) is 1.91. The Kier molecular flexibility index (Phi) is 2.64. The Morgan fingerprint density at radius 3 is 2.75 bits per heavy atom. The summed E-state index contributed by atoms with van der Waals surface area (Å²) in [6.07, 6.45) is 1.24. The van der Waals surface area contributed by atoms with Crippen LogP contribution in [-0.4, -0.2) is 36.3 Å². The number of amides is 1. The number of nitrogens with one attached hydrogen (secondary N) is 1. The van der Waals surface area contributed by atoms with Crippen molar-refractivity contribution in [3.05, 3.63) is 11.3 Å². The topological polar surface area (TPSA) is 109 Å². The molecule has 88 valence electrons. The minimum absolute atomic E-state index is 0.0108. The molecule has 1 amide bonds. The molecular formula is C7H9ClN4O3S. The van der Waals surface area contributed by atoms with Crippen molar-refractivity contribution in [1.29, 1.82) is 0 Å². The number of nitrogens with zero attached hydrogens (tertiary/aromatic N) is 2. The smallest absolute Gasteiger partial charge is 0.228 e. The highest BCUT2D eigenvalue weighted by molar-refractivity contribution is 7.89. The van der Waals surface area contributed by atoms with Gasteiger partial charge in [0.25, 0.3) is 0 Å². The number of aromatic nitrogens is 2. The average Bonchev–Trinajstić information content (AvgIpc) is 2.70. The van der Waals surface area contributed by atoms with Crippen LogP contribution in [0.1, 0.15) is 6.42 Å². The second-order valence-corrected chi connectivity index (χ2v) is 5.71. The molecule has 1 unspecified atom stereocenters. The molecular weight excluding hydrogens is 256 g/mol. The Balaban J connectivity index is 2.28. The molecule has 9 heteroatoms. The highest BCUT2D eigenvalue weighted by Crippen LogP contribution is 2.28. The molecule has 3 N–H and O–H groups in total. The van der Waals surface area contributed by atoms with Crippen molar-refractivity contribution in [2.75, 3.05) is 11.4 Å². The van der Waals surface area contributed by atoms with Crippen molar-refractivity contribution in [1.82, 2.24) is 10.2 Å². The number of hydrogen-bond acceptors (Lipinski definition) is 4. The monoisotopic (exact) mass is 264 g/mol. The van der Waals surface area contributed by atoms with E-state index in [9.17, 15) is 13.2 Å². The van der Waals surface area contributed by atoms with Crippen LogP contribution in [-0.2, 0) is 14.8 Å². The lowest BCUT2D eigenvalue weighted by molar-refractivity contribution is -0.117. The van der Waals surface area contributed by atoms with Crippen molar-refractivity contribution < 1.29 is 13.2 Å². The zero-order valence-corrected chi connectivity index (χ0v) is 9.62. The van der Waals surface area contributed by atoms with Crippen molar-refractivity contribution in [2.24, 2.45) is 5.14 Å². The van der Waals surface area contributed by atoms with E-state index in [0.717, 1.165) is 0 Å². The van der Waals surface area contributed by atoms with Gasteiger partial charge in [0.05, 0.1) is 6.20 Å². The number of primary sulfonamides is 1. The maximum absolute atomic E-state index is 11.6. The van der Waals surface area contributed by atoms with Gasteiger partial charge in [0.15, 0.2) is 0 Å². The summed E-state index contributed by atoms with van der Waals surface area (Å²) < 4.78 is 22.2. The Morgan fingerprint density at radius 1 is 1.62 bits per heavy atom. The van der Waals surface area contributed by atoms with E-state index in [0.29, 0.717) is 5.69 Å². The summed E-state index contributed by atoms with van der Waals surface area (Å²) in [7, 11) is -3.71. The van der Waals surface area contributed by atoms with Crippen LogP contribution in [0.25, 0.3) is 0 Å². The van der Waals surface area contributed by atoms with E-state index in [4.69, 9.17) is 16.7 Å². The largest absolute Gasteiger partial charge is 0.307 e. The predicted octanol–water partition coefficient (Wildman–Crippen LogP) is -0.543. The first kappa shape index (κ1) is 11.4. The lowest BCUT2D eigenvalue weighted by Crippen LogP contribution is -2.32. The maximum atomic E-state index is 11.6. The Morgan fingerprint density at radius 2 is 2.31 bits per heavy atom. The summed E-state index contributed by atoms with van der Waals surface area (Å²) in [4.78, 5) is 12.9. The highest BCUT2D eigenvalue weighted by Gasteiger charge is 2.38. The first-order chi connectivity index (χ1) is 7.39. The maximum Gasteiger partial charge on any atom is 0.228 e. The van der Waals surface area contributed by atoms with E-state index in [-0.39, 0.29) is 24.0 Å². The molecule has 0 aliphatic carbocycles. The number of carbonyl (C=O) groups is 1. The molecule has 7 nitrogen and oxygen atoms in total. The summed E-state index contributed by atoms with van der Waals surface area (Å²) in [5, 5.41) is 10.4. The molecule has 1 saturated heterocycles. The van der Waals surface area contributed by atoms with Gasteiger partial charge in [0.1, 0.15) is 16.1 Å². The molecule has 16 heavy (non-hydrogen) atoms. The van der Waals surface area contributed by atoms with Gasteiger partial charge in [-0.25, -0.2) is 13.6 Å². The summed E-state index contributed by atoms with van der Waals surface area (Å²) in [5.41, 5.74) is 0.373. The molecule has 0 radical (unpaired) electrons. The zero-order chi connectivity index (χ0) is 11.9. The van der Waals surface area contributed by atoms with Crippen LogP contribution < -0.4 is 10.0 Å². The number of rotatable bonds is 2. The van der Waals surface area contributed by atoms with Gasteiger partial charge in [-0.2, -0.15) is 5.10 Å². The fourth-order valence-electron chi connectivity index (χ4n) is 1.58.